The summed E-state index contributed by atoms with van der Waals surface area (Å²) < 4.78 is 16.6. The van der Waals surface area contributed by atoms with Crippen molar-refractivity contribution in [2.24, 2.45) is 9.98 Å². The average Bonchev–Trinajstić information content (AvgIpc) is 2.98. The van der Waals surface area contributed by atoms with E-state index in [0.717, 1.165) is 46.3 Å². The maximum absolute atomic E-state index is 11.7. The van der Waals surface area contributed by atoms with Gasteiger partial charge < -0.3 is 35.0 Å². The topological polar surface area (TPSA) is 174 Å². The van der Waals surface area contributed by atoms with Crippen LogP contribution in [0.15, 0.2) is 9.98 Å². The van der Waals surface area contributed by atoms with Crippen LogP contribution >= 0.6 is 106 Å². The molecule has 0 spiro atoms. The van der Waals surface area contributed by atoms with Crippen LogP contribution in [-0.4, -0.2) is 130 Å². The number of aliphatic imine (C=N–C) groups is 2. The van der Waals surface area contributed by atoms with Crippen LogP contribution in [0.5, 0.6) is 0 Å². The predicted molar refractivity (Wildman–Crippen MR) is 196 cm³/mol. The summed E-state index contributed by atoms with van der Waals surface area (Å²) in [4.78, 5) is 41.2. The highest BCUT2D eigenvalue weighted by molar-refractivity contribution is 8.23. The molecular formula is C20H38N4O8S10. The van der Waals surface area contributed by atoms with Gasteiger partial charge in [-0.25, -0.2) is 14.8 Å². The summed E-state index contributed by atoms with van der Waals surface area (Å²) in [5.41, 5.74) is 1.41. The summed E-state index contributed by atoms with van der Waals surface area (Å²) in [5, 5.41) is 23.6. The molecule has 12 nitrogen and oxygen atoms in total. The van der Waals surface area contributed by atoms with Gasteiger partial charge in [-0.1, -0.05) is 23.5 Å². The van der Waals surface area contributed by atoms with E-state index in [-0.39, 0.29) is 23.1 Å². The van der Waals surface area contributed by atoms with Crippen LogP contribution in [0.25, 0.3) is 0 Å². The van der Waals surface area contributed by atoms with Gasteiger partial charge in [0, 0.05) is 45.7 Å². The molecule has 22 heteroatoms. The first-order valence-corrected chi connectivity index (χ1v) is 23.5. The van der Waals surface area contributed by atoms with Gasteiger partial charge in [-0.15, -0.1) is 82.3 Å². The quantitative estimate of drug-likeness (QED) is 0.0154. The zero-order valence-electron chi connectivity index (χ0n) is 22.8. The van der Waals surface area contributed by atoms with E-state index >= 15 is 0 Å². The lowest BCUT2D eigenvalue weighted by Crippen LogP contribution is -2.24. The SMILES string of the molecule is O=C(NCSCCSC/N=C\[S+]([O-])CSCO)OCSCCSCOO/C=N\CSCCSCNC(=O)SCSCO. The molecule has 0 fully saturated rings. The second-order valence-electron chi connectivity index (χ2n) is 6.52. The Morgan fingerprint density at radius 3 is 2.12 bits per heavy atom. The minimum atomic E-state index is -1.15. The summed E-state index contributed by atoms with van der Waals surface area (Å²) in [7, 11) is 0. The van der Waals surface area contributed by atoms with E-state index < -0.39 is 17.3 Å². The first-order chi connectivity index (χ1) is 20.6. The Balaban J connectivity index is 3.30. The number of nitrogens with one attached hydrogen (secondary N) is 2. The highest BCUT2D eigenvalue weighted by Crippen LogP contribution is 2.13. The number of rotatable bonds is 30. The van der Waals surface area contributed by atoms with Crippen molar-refractivity contribution in [3.8, 4) is 0 Å². The van der Waals surface area contributed by atoms with Crippen molar-refractivity contribution in [1.82, 2.24) is 10.6 Å². The second-order valence-corrected chi connectivity index (χ2v) is 17.8. The van der Waals surface area contributed by atoms with Crippen molar-refractivity contribution in [2.75, 3.05) is 91.9 Å². The molecule has 0 aromatic carbocycles. The van der Waals surface area contributed by atoms with Crippen molar-refractivity contribution in [3.63, 3.8) is 0 Å². The van der Waals surface area contributed by atoms with Crippen molar-refractivity contribution in [2.45, 2.75) is 0 Å². The molecule has 0 aliphatic carbocycles. The van der Waals surface area contributed by atoms with E-state index in [0.29, 0.717) is 39.6 Å². The molecule has 0 rings (SSSR count). The molecule has 0 aromatic rings. The molecule has 0 radical (unpaired) electrons. The van der Waals surface area contributed by atoms with Crippen molar-refractivity contribution in [1.29, 1.82) is 0 Å². The molecule has 246 valence electrons. The van der Waals surface area contributed by atoms with E-state index in [9.17, 15) is 14.1 Å². The van der Waals surface area contributed by atoms with Gasteiger partial charge in [0.05, 0.1) is 40.5 Å². The summed E-state index contributed by atoms with van der Waals surface area (Å²) in [6, 6.07) is 0. The lowest BCUT2D eigenvalue weighted by atomic mass is 11.0. The smallest absolute Gasteiger partial charge is 0.408 e. The number of hydrogen-bond acceptors (Lipinski definition) is 19. The summed E-state index contributed by atoms with van der Waals surface area (Å²) in [6.45, 7) is 0. The van der Waals surface area contributed by atoms with E-state index in [4.69, 9.17) is 24.7 Å². The third kappa shape index (κ3) is 35.7. The van der Waals surface area contributed by atoms with E-state index in [1.807, 2.05) is 0 Å². The van der Waals surface area contributed by atoms with Crippen LogP contribution in [0.2, 0.25) is 0 Å². The Kier molecular flexibility index (Phi) is 37.8. The summed E-state index contributed by atoms with van der Waals surface area (Å²) in [6.07, 6.45) is 0.840. The average molecular weight is 783 g/mol. The highest BCUT2D eigenvalue weighted by Gasteiger charge is 2.03. The third-order valence-corrected chi connectivity index (χ3v) is 13.1. The van der Waals surface area contributed by atoms with E-state index in [1.165, 1.54) is 47.2 Å². The van der Waals surface area contributed by atoms with E-state index in [1.54, 1.807) is 58.8 Å². The maximum Gasteiger partial charge on any atom is 0.408 e. The number of amides is 2. The molecule has 1 atom stereocenters. The van der Waals surface area contributed by atoms with Crippen LogP contribution in [0.3, 0.4) is 0 Å². The number of thioether (sulfide) groups is 9. The first kappa shape index (κ1) is 43.2. The maximum atomic E-state index is 11.7. The van der Waals surface area contributed by atoms with Gasteiger partial charge in [-0.05, 0) is 0 Å². The second kappa shape index (κ2) is 36.7. The fourth-order valence-corrected chi connectivity index (χ4v) is 9.40. The largest absolute Gasteiger partial charge is 0.610 e. The van der Waals surface area contributed by atoms with Crippen LogP contribution in [0.4, 0.5) is 9.59 Å². The summed E-state index contributed by atoms with van der Waals surface area (Å²) in [5.74, 6) is 7.89. The Morgan fingerprint density at radius 2 is 1.40 bits per heavy atom. The summed E-state index contributed by atoms with van der Waals surface area (Å²) >= 11 is 12.1. The molecule has 0 saturated heterocycles. The molecule has 0 heterocycles. The van der Waals surface area contributed by atoms with Crippen molar-refractivity contribution < 1.29 is 38.9 Å². The number of carbonyl (C=O) groups is 2. The van der Waals surface area contributed by atoms with Crippen molar-refractivity contribution in [3.05, 3.63) is 0 Å². The predicted octanol–water partition coefficient (Wildman–Crippen LogP) is 4.33. The number of hydrogen-bond donors (Lipinski definition) is 4. The van der Waals surface area contributed by atoms with Gasteiger partial charge in [0.1, 0.15) is 11.9 Å². The Morgan fingerprint density at radius 1 is 0.786 bits per heavy atom. The van der Waals surface area contributed by atoms with Gasteiger partial charge in [0.2, 0.25) is 11.9 Å². The lowest BCUT2D eigenvalue weighted by Gasteiger charge is -2.06. The van der Waals surface area contributed by atoms with Gasteiger partial charge in [-0.2, -0.15) is 4.89 Å². The normalized spacial score (nSPS) is 12.2. The Labute approximate surface area is 289 Å². The highest BCUT2D eigenvalue weighted by atomic mass is 32.3. The molecule has 0 saturated carbocycles. The number of aliphatic hydroxyl groups excluding tert-OH is 2. The van der Waals surface area contributed by atoms with E-state index in [2.05, 4.69) is 20.6 Å². The first-order valence-electron chi connectivity index (χ1n) is 11.9. The fraction of sp³-hybridized carbons (Fsp3) is 0.800. The molecule has 4 N–H and O–H groups in total. The molecule has 0 aromatic heterocycles. The fourth-order valence-electron chi connectivity index (χ4n) is 1.82. The Hall–Kier alpha value is 1.22. The number of aliphatic hydroxyl groups is 2. The monoisotopic (exact) mass is 782 g/mol. The molecule has 1 unspecified atom stereocenters. The van der Waals surface area contributed by atoms with Crippen LogP contribution in [0.1, 0.15) is 0 Å². The lowest BCUT2D eigenvalue weighted by molar-refractivity contribution is -0.196. The minimum absolute atomic E-state index is 0.0209. The number of alkyl carbamates (subject to hydrolysis) is 1. The van der Waals surface area contributed by atoms with Crippen LogP contribution in [0, 0.1) is 0 Å². The molecule has 0 aliphatic heterocycles. The van der Waals surface area contributed by atoms with Gasteiger partial charge in [0.15, 0.2) is 5.08 Å². The molecule has 2 amide bonds. The minimum Gasteiger partial charge on any atom is -0.610 e. The Bertz CT molecular complexity index is 695. The molecule has 42 heavy (non-hydrogen) atoms. The number of ether oxygens (including phenoxy) is 1. The number of nitrogens with zero attached hydrogens (tertiary/aromatic N) is 2. The standard InChI is InChI=1S/C20H38N4O8S10/c25-13-39-17-41-20(28)24-11-36-4-1-33-8-21-7-31-32-16-38-6-5-37-15-30-19(27)23-10-35-3-2-34-9-22-12-42(29)18-40-14-26/h7,12,25-26H,1-6,8-11,13-18H2,(H,23,27)(H,24,28)/b21-7-,22-12-. The zero-order valence-corrected chi connectivity index (χ0v) is 31.0. The van der Waals surface area contributed by atoms with Gasteiger partial charge in [0.25, 0.3) is 5.24 Å². The molecule has 0 aliphatic rings. The zero-order chi connectivity index (χ0) is 30.8. The van der Waals surface area contributed by atoms with Crippen LogP contribution in [-0.2, 0) is 25.7 Å². The molecule has 0 bridgehead atoms. The van der Waals surface area contributed by atoms with Gasteiger partial charge >= 0.3 is 6.09 Å². The van der Waals surface area contributed by atoms with Gasteiger partial charge in [-0.3, -0.25) is 4.79 Å². The third-order valence-electron chi connectivity index (χ3n) is 3.52. The number of carbonyl (C=O) groups excluding carboxylic acids is 2. The van der Waals surface area contributed by atoms with Crippen molar-refractivity contribution >= 4 is 140 Å². The molecular weight excluding hydrogens is 745 g/mol. The van der Waals surface area contributed by atoms with Crippen LogP contribution < -0.4 is 10.6 Å².